The van der Waals surface area contributed by atoms with Crippen LogP contribution in [0.2, 0.25) is 0 Å². The van der Waals surface area contributed by atoms with E-state index in [1.54, 1.807) is 0 Å². The highest BCUT2D eigenvalue weighted by atomic mass is 32.1. The molecular weight excluding hydrogens is 346 g/mol. The van der Waals surface area contributed by atoms with Crippen molar-refractivity contribution in [2.75, 3.05) is 0 Å². The zero-order valence-electron chi connectivity index (χ0n) is 15.1. The molecule has 6 nitrogen and oxygen atoms in total. The molecule has 2 heterocycles. The van der Waals surface area contributed by atoms with Crippen molar-refractivity contribution in [3.63, 3.8) is 0 Å². The van der Waals surface area contributed by atoms with Crippen molar-refractivity contribution >= 4 is 17.4 Å². The first-order valence-corrected chi connectivity index (χ1v) is 9.56. The van der Waals surface area contributed by atoms with Gasteiger partial charge in [-0.15, -0.1) is 5.10 Å². The average molecular weight is 367 g/mol. The molecule has 0 radical (unpaired) electrons. The highest BCUT2D eigenvalue weighted by Gasteiger charge is 2.27. The monoisotopic (exact) mass is 367 g/mol. The maximum atomic E-state index is 12.6. The Morgan fingerprint density at radius 2 is 2.12 bits per heavy atom. The molecule has 1 aliphatic carbocycles. The molecule has 0 fully saturated rings. The predicted octanol–water partition coefficient (Wildman–Crippen LogP) is 3.46. The topological polar surface area (TPSA) is 72.7 Å². The summed E-state index contributed by atoms with van der Waals surface area (Å²) in [5.41, 5.74) is 6.56. The Labute approximate surface area is 156 Å². The van der Waals surface area contributed by atoms with Gasteiger partial charge in [0.2, 0.25) is 0 Å². The van der Waals surface area contributed by atoms with Gasteiger partial charge in [0, 0.05) is 11.3 Å². The minimum absolute atomic E-state index is 0.0203. The van der Waals surface area contributed by atoms with E-state index in [-0.39, 0.29) is 11.9 Å². The molecule has 0 saturated carbocycles. The molecule has 3 aromatic rings. The number of hydrogen-bond acceptors (Lipinski definition) is 5. The van der Waals surface area contributed by atoms with E-state index in [1.807, 2.05) is 17.8 Å². The number of carbonyl (C=O) groups is 1. The van der Waals surface area contributed by atoms with Crippen LogP contribution < -0.4 is 5.32 Å². The molecule has 26 heavy (non-hydrogen) atoms. The lowest BCUT2D eigenvalue weighted by Crippen LogP contribution is -2.30. The van der Waals surface area contributed by atoms with Gasteiger partial charge >= 0.3 is 0 Å². The third kappa shape index (κ3) is 2.92. The smallest absolute Gasteiger partial charge is 0.265 e. The maximum Gasteiger partial charge on any atom is 0.265 e. The molecule has 134 valence electrons. The van der Waals surface area contributed by atoms with E-state index < -0.39 is 0 Å². The van der Waals surface area contributed by atoms with Crippen LogP contribution in [-0.2, 0) is 6.42 Å². The van der Waals surface area contributed by atoms with Crippen molar-refractivity contribution in [3.8, 4) is 5.69 Å². The third-order valence-corrected chi connectivity index (χ3v) is 5.91. The summed E-state index contributed by atoms with van der Waals surface area (Å²) in [6.45, 7) is 6.03. The minimum atomic E-state index is -0.103. The maximum absolute atomic E-state index is 12.6. The summed E-state index contributed by atoms with van der Waals surface area (Å²) >= 11 is 1.14. The summed E-state index contributed by atoms with van der Waals surface area (Å²) in [5, 5.41) is 11.7. The van der Waals surface area contributed by atoms with Gasteiger partial charge in [-0.1, -0.05) is 10.6 Å². The van der Waals surface area contributed by atoms with Gasteiger partial charge < -0.3 is 5.32 Å². The number of carbonyl (C=O) groups excluding carboxylic acids is 1. The molecule has 7 heteroatoms. The number of benzene rings is 1. The second-order valence-corrected chi connectivity index (χ2v) is 7.59. The van der Waals surface area contributed by atoms with Crippen LogP contribution in [0, 0.1) is 20.8 Å². The Balaban J connectivity index is 1.63. The van der Waals surface area contributed by atoms with Gasteiger partial charge in [-0.25, -0.2) is 4.68 Å². The van der Waals surface area contributed by atoms with Crippen molar-refractivity contribution in [1.82, 2.24) is 24.7 Å². The van der Waals surface area contributed by atoms with Crippen LogP contribution >= 0.6 is 11.5 Å². The Hall–Kier alpha value is -2.54. The zero-order valence-corrected chi connectivity index (χ0v) is 15.9. The summed E-state index contributed by atoms with van der Waals surface area (Å²) in [4.78, 5) is 13.1. The predicted molar refractivity (Wildman–Crippen MR) is 101 cm³/mol. The van der Waals surface area contributed by atoms with Gasteiger partial charge in [0.05, 0.1) is 23.6 Å². The lowest BCUT2D eigenvalue weighted by molar-refractivity contribution is 0.0936. The van der Waals surface area contributed by atoms with Crippen LogP contribution in [0.4, 0.5) is 0 Å². The number of hydrogen-bond donors (Lipinski definition) is 1. The van der Waals surface area contributed by atoms with Gasteiger partial charge in [0.25, 0.3) is 5.91 Å². The quantitative estimate of drug-likeness (QED) is 0.769. The first-order chi connectivity index (χ1) is 12.5. The van der Waals surface area contributed by atoms with E-state index in [2.05, 4.69) is 52.0 Å². The van der Waals surface area contributed by atoms with Crippen LogP contribution in [0.3, 0.4) is 0 Å². The van der Waals surface area contributed by atoms with E-state index in [0.29, 0.717) is 10.6 Å². The van der Waals surface area contributed by atoms with Crippen molar-refractivity contribution in [1.29, 1.82) is 0 Å². The summed E-state index contributed by atoms with van der Waals surface area (Å²) < 4.78 is 5.87. The van der Waals surface area contributed by atoms with Crippen molar-refractivity contribution < 1.29 is 4.79 Å². The standard InChI is InChI=1S/C19H21N5OS/c1-11-7-8-14(9-12(11)2)24-17-6-4-5-16(15(17)10-20-24)21-19(25)18-13(3)22-23-26-18/h7-10,16H,4-6H2,1-3H3,(H,21,25)/t16-/m0/s1. The van der Waals surface area contributed by atoms with Crippen LogP contribution in [-0.4, -0.2) is 25.3 Å². The lowest BCUT2D eigenvalue weighted by atomic mass is 9.92. The number of rotatable bonds is 3. The van der Waals surface area contributed by atoms with Gasteiger partial charge in [-0.3, -0.25) is 4.79 Å². The fourth-order valence-corrected chi connectivity index (χ4v) is 4.01. The molecule has 0 unspecified atom stereocenters. The Kier molecular flexibility index (Phi) is 4.32. The summed E-state index contributed by atoms with van der Waals surface area (Å²) in [5.74, 6) is -0.103. The normalized spacial score (nSPS) is 16.3. The van der Waals surface area contributed by atoms with Crippen LogP contribution in [0.1, 0.15) is 56.6 Å². The lowest BCUT2D eigenvalue weighted by Gasteiger charge is -2.24. The molecule has 0 spiro atoms. The van der Waals surface area contributed by atoms with Gasteiger partial charge in [0.1, 0.15) is 4.88 Å². The van der Waals surface area contributed by atoms with E-state index in [0.717, 1.165) is 42.0 Å². The third-order valence-electron chi connectivity index (χ3n) is 5.08. The number of nitrogens with one attached hydrogen (secondary N) is 1. The van der Waals surface area contributed by atoms with E-state index >= 15 is 0 Å². The zero-order chi connectivity index (χ0) is 18.3. The van der Waals surface area contributed by atoms with Crippen molar-refractivity contribution in [2.24, 2.45) is 0 Å². The van der Waals surface area contributed by atoms with E-state index in [1.165, 1.54) is 16.8 Å². The van der Waals surface area contributed by atoms with Gasteiger partial charge in [-0.05, 0) is 74.8 Å². The molecule has 1 amide bonds. The molecule has 1 aliphatic rings. The Bertz CT molecular complexity index is 974. The SMILES string of the molecule is Cc1ccc(-n2ncc3c2CCC[C@@H]3NC(=O)c2snnc2C)cc1C. The molecule has 1 aromatic carbocycles. The summed E-state index contributed by atoms with van der Waals surface area (Å²) in [6.07, 6.45) is 4.80. The number of aryl methyl sites for hydroxylation is 3. The van der Waals surface area contributed by atoms with Crippen molar-refractivity contribution in [2.45, 2.75) is 46.1 Å². The summed E-state index contributed by atoms with van der Waals surface area (Å²) in [6, 6.07) is 6.37. The molecular formula is C19H21N5OS. The van der Waals surface area contributed by atoms with Crippen LogP contribution in [0.15, 0.2) is 24.4 Å². The number of aromatic nitrogens is 4. The molecule has 0 aliphatic heterocycles. The largest absolute Gasteiger partial charge is 0.344 e. The Morgan fingerprint density at radius 3 is 2.85 bits per heavy atom. The molecule has 4 rings (SSSR count). The van der Waals surface area contributed by atoms with Crippen molar-refractivity contribution in [3.05, 3.63) is 57.4 Å². The number of amides is 1. The fraction of sp³-hybridized carbons (Fsp3) is 0.368. The molecule has 2 aromatic heterocycles. The highest BCUT2D eigenvalue weighted by molar-refractivity contribution is 7.08. The second kappa shape index (κ2) is 6.64. The minimum Gasteiger partial charge on any atom is -0.344 e. The average Bonchev–Trinajstić information content (AvgIpc) is 3.24. The number of nitrogens with zero attached hydrogens (tertiary/aromatic N) is 4. The first kappa shape index (κ1) is 16.9. The number of fused-ring (bicyclic) bond motifs is 1. The van der Waals surface area contributed by atoms with Gasteiger partial charge in [-0.2, -0.15) is 5.10 Å². The van der Waals surface area contributed by atoms with E-state index in [9.17, 15) is 4.79 Å². The fourth-order valence-electron chi connectivity index (χ4n) is 3.45. The Morgan fingerprint density at radius 1 is 1.27 bits per heavy atom. The molecule has 1 N–H and O–H groups in total. The molecule has 0 bridgehead atoms. The second-order valence-electron chi connectivity index (χ2n) is 6.83. The summed E-state index contributed by atoms with van der Waals surface area (Å²) in [7, 11) is 0. The van der Waals surface area contributed by atoms with Crippen LogP contribution in [0.25, 0.3) is 5.69 Å². The van der Waals surface area contributed by atoms with Gasteiger partial charge in [0.15, 0.2) is 0 Å². The van der Waals surface area contributed by atoms with E-state index in [4.69, 9.17) is 0 Å². The first-order valence-electron chi connectivity index (χ1n) is 8.79. The van der Waals surface area contributed by atoms with Crippen LogP contribution in [0.5, 0.6) is 0 Å². The highest BCUT2D eigenvalue weighted by Crippen LogP contribution is 2.31. The molecule has 1 atom stereocenters. The molecule has 0 saturated heterocycles.